The average Bonchev–Trinajstić information content (AvgIpc) is 3.11. The Morgan fingerprint density at radius 3 is 3.15 bits per heavy atom. The summed E-state index contributed by atoms with van der Waals surface area (Å²) < 4.78 is 29.1. The molecule has 4 heterocycles. The van der Waals surface area contributed by atoms with E-state index in [1.165, 1.54) is 10.1 Å². The SMILES string of the molecule is [2H]C([2H])([2H])n1c2cccnc2n2c3[n+](cc12)Cc1ccccc1-3. The zero-order chi connectivity index (χ0) is 15.8. The molecule has 3 aromatic heterocycles. The molecule has 1 aliphatic rings. The predicted octanol–water partition coefficient (Wildman–Crippen LogP) is 2.14. The highest BCUT2D eigenvalue weighted by atomic mass is 15.2. The van der Waals surface area contributed by atoms with Crippen molar-refractivity contribution in [2.24, 2.45) is 6.98 Å². The fourth-order valence-corrected chi connectivity index (χ4v) is 3.18. The highest BCUT2D eigenvalue weighted by Crippen LogP contribution is 2.30. The van der Waals surface area contributed by atoms with Gasteiger partial charge in [-0.3, -0.25) is 0 Å². The van der Waals surface area contributed by atoms with Gasteiger partial charge in [-0.15, -0.1) is 0 Å². The van der Waals surface area contributed by atoms with Crippen LogP contribution in [0.15, 0.2) is 48.8 Å². The van der Waals surface area contributed by atoms with E-state index < -0.39 is 6.98 Å². The average molecular weight is 264 g/mol. The lowest BCUT2D eigenvalue weighted by Gasteiger charge is -1.92. The van der Waals surface area contributed by atoms with Gasteiger partial charge in [-0.1, -0.05) is 18.2 Å². The summed E-state index contributed by atoms with van der Waals surface area (Å²) in [5.74, 6) is 0.988. The highest BCUT2D eigenvalue weighted by Gasteiger charge is 2.32. The number of fused-ring (bicyclic) bond motifs is 7. The number of benzene rings is 1. The standard InChI is InChI=1S/C16H13N4/c1-18-13-7-4-8-17-15(13)20-14(18)10-19-9-11-5-2-3-6-12(11)16(19)20/h2-8,10H,9H2,1H3/q+1/i1D3. The van der Waals surface area contributed by atoms with Crippen molar-refractivity contribution >= 4 is 16.8 Å². The van der Waals surface area contributed by atoms with Gasteiger partial charge in [-0.05, 0) is 18.2 Å². The molecule has 4 aromatic rings. The van der Waals surface area contributed by atoms with Gasteiger partial charge in [0, 0.05) is 22.8 Å². The van der Waals surface area contributed by atoms with E-state index in [2.05, 4.69) is 21.7 Å². The minimum Gasteiger partial charge on any atom is -0.303 e. The number of imidazole rings is 2. The van der Waals surface area contributed by atoms with Gasteiger partial charge >= 0.3 is 0 Å². The molecule has 0 spiro atoms. The number of rotatable bonds is 0. The molecular weight excluding hydrogens is 248 g/mol. The van der Waals surface area contributed by atoms with Crippen LogP contribution in [0.25, 0.3) is 28.2 Å². The van der Waals surface area contributed by atoms with Crippen LogP contribution in [0, 0.1) is 0 Å². The molecule has 1 aromatic carbocycles. The first-order valence-electron chi connectivity index (χ1n) is 8.05. The molecule has 5 rings (SSSR count). The first-order valence-corrected chi connectivity index (χ1v) is 6.55. The first-order chi connectivity index (χ1) is 11.1. The van der Waals surface area contributed by atoms with Crippen LogP contribution in [-0.4, -0.2) is 14.0 Å². The maximum absolute atomic E-state index is 7.90. The van der Waals surface area contributed by atoms with Gasteiger partial charge in [-0.25, -0.2) is 9.55 Å². The largest absolute Gasteiger partial charge is 0.303 e. The summed E-state index contributed by atoms with van der Waals surface area (Å²) in [6, 6.07) is 11.8. The molecule has 0 unspecified atom stereocenters. The van der Waals surface area contributed by atoms with Gasteiger partial charge < -0.3 is 4.57 Å². The third kappa shape index (κ3) is 1.04. The topological polar surface area (TPSA) is 26.1 Å². The smallest absolute Gasteiger partial charge is 0.297 e. The molecule has 1 aliphatic heterocycles. The summed E-state index contributed by atoms with van der Waals surface area (Å²) >= 11 is 0. The molecule has 0 saturated carbocycles. The zero-order valence-corrected chi connectivity index (χ0v) is 10.6. The molecule has 4 heteroatoms. The monoisotopic (exact) mass is 264 g/mol. The quantitative estimate of drug-likeness (QED) is 0.394. The summed E-state index contributed by atoms with van der Waals surface area (Å²) in [7, 11) is 0. The van der Waals surface area contributed by atoms with Crippen molar-refractivity contribution < 1.29 is 8.68 Å². The van der Waals surface area contributed by atoms with Gasteiger partial charge in [0.25, 0.3) is 11.5 Å². The normalized spacial score (nSPS) is 15.9. The van der Waals surface area contributed by atoms with Gasteiger partial charge in [0.05, 0.1) is 5.56 Å². The molecule has 0 N–H and O–H groups in total. The summed E-state index contributed by atoms with van der Waals surface area (Å²) in [5, 5.41) is 0. The fraction of sp³-hybridized carbons (Fsp3) is 0.125. The van der Waals surface area contributed by atoms with Crippen LogP contribution in [0.1, 0.15) is 9.68 Å². The molecule has 0 bridgehead atoms. The summed E-state index contributed by atoms with van der Waals surface area (Å²) in [4.78, 5) is 4.44. The van der Waals surface area contributed by atoms with E-state index in [0.29, 0.717) is 16.8 Å². The molecule has 0 atom stereocenters. The van der Waals surface area contributed by atoms with Crippen LogP contribution in [0.5, 0.6) is 0 Å². The molecule has 20 heavy (non-hydrogen) atoms. The van der Waals surface area contributed by atoms with E-state index >= 15 is 0 Å². The third-order valence-corrected chi connectivity index (χ3v) is 4.03. The van der Waals surface area contributed by atoms with Crippen molar-refractivity contribution in [3.8, 4) is 11.4 Å². The first kappa shape index (κ1) is 7.85. The van der Waals surface area contributed by atoms with Crippen molar-refractivity contribution in [1.29, 1.82) is 0 Å². The lowest BCUT2D eigenvalue weighted by molar-refractivity contribution is -0.670. The minimum absolute atomic E-state index is 0.621. The number of hydrogen-bond acceptors (Lipinski definition) is 1. The van der Waals surface area contributed by atoms with Crippen LogP contribution in [0.3, 0.4) is 0 Å². The maximum atomic E-state index is 7.90. The Morgan fingerprint density at radius 1 is 1.25 bits per heavy atom. The van der Waals surface area contributed by atoms with E-state index in [9.17, 15) is 0 Å². The molecule has 0 fully saturated rings. The van der Waals surface area contributed by atoms with Crippen molar-refractivity contribution in [1.82, 2.24) is 14.0 Å². The van der Waals surface area contributed by atoms with Crippen molar-refractivity contribution in [3.63, 3.8) is 0 Å². The third-order valence-electron chi connectivity index (χ3n) is 4.03. The number of hydrogen-bond donors (Lipinski definition) is 0. The zero-order valence-electron chi connectivity index (χ0n) is 13.6. The number of nitrogens with zero attached hydrogens (tertiary/aromatic N) is 4. The number of aryl methyl sites for hydroxylation is 1. The Labute approximate surface area is 119 Å². The summed E-state index contributed by atoms with van der Waals surface area (Å²) in [5.41, 5.74) is 4.30. The Balaban J connectivity index is 2.00. The second-order valence-corrected chi connectivity index (χ2v) is 5.11. The van der Waals surface area contributed by atoms with Crippen LogP contribution < -0.4 is 4.57 Å². The molecule has 96 valence electrons. The van der Waals surface area contributed by atoms with Gasteiger partial charge in [-0.2, -0.15) is 4.40 Å². The van der Waals surface area contributed by atoms with Crippen LogP contribution in [-0.2, 0) is 13.5 Å². The molecule has 0 amide bonds. The van der Waals surface area contributed by atoms with E-state index in [-0.39, 0.29) is 0 Å². The fourth-order valence-electron chi connectivity index (χ4n) is 3.18. The van der Waals surface area contributed by atoms with Gasteiger partial charge in [0.2, 0.25) is 5.65 Å². The number of aromatic nitrogens is 4. The lowest BCUT2D eigenvalue weighted by Crippen LogP contribution is -2.29. The summed E-state index contributed by atoms with van der Waals surface area (Å²) in [6.07, 6.45) is 3.60. The Bertz CT molecular complexity index is 1090. The van der Waals surface area contributed by atoms with Gasteiger partial charge in [0.1, 0.15) is 12.1 Å². The van der Waals surface area contributed by atoms with Crippen molar-refractivity contribution in [3.05, 3.63) is 54.4 Å². The Morgan fingerprint density at radius 2 is 2.20 bits per heavy atom. The summed E-state index contributed by atoms with van der Waals surface area (Å²) in [6.45, 7) is -1.50. The number of pyridine rings is 1. The second-order valence-electron chi connectivity index (χ2n) is 5.11. The van der Waals surface area contributed by atoms with Crippen LogP contribution in [0.2, 0.25) is 0 Å². The highest BCUT2D eigenvalue weighted by molar-refractivity contribution is 5.81. The van der Waals surface area contributed by atoms with Gasteiger partial charge in [0.15, 0.2) is 6.20 Å². The van der Waals surface area contributed by atoms with Crippen molar-refractivity contribution in [2.75, 3.05) is 0 Å². The van der Waals surface area contributed by atoms with E-state index in [1.807, 2.05) is 22.7 Å². The molecule has 0 radical (unpaired) electrons. The molecular formula is C16H13N4+. The molecule has 0 saturated heterocycles. The van der Waals surface area contributed by atoms with E-state index in [1.54, 1.807) is 18.3 Å². The van der Waals surface area contributed by atoms with Crippen molar-refractivity contribution in [2.45, 2.75) is 6.54 Å². The van der Waals surface area contributed by atoms with E-state index in [0.717, 1.165) is 17.9 Å². The van der Waals surface area contributed by atoms with Crippen LogP contribution in [0.4, 0.5) is 0 Å². The molecule has 0 aliphatic carbocycles. The Hall–Kier alpha value is -2.62. The maximum Gasteiger partial charge on any atom is 0.297 e. The second kappa shape index (κ2) is 3.28. The lowest BCUT2D eigenvalue weighted by atomic mass is 10.1. The van der Waals surface area contributed by atoms with Crippen LogP contribution >= 0.6 is 0 Å². The van der Waals surface area contributed by atoms with E-state index in [4.69, 9.17) is 4.11 Å². The minimum atomic E-state index is -2.25. The predicted molar refractivity (Wildman–Crippen MR) is 76.4 cm³/mol. The Kier molecular flexibility index (Phi) is 1.29. The molecule has 4 nitrogen and oxygen atoms in total.